The minimum Gasteiger partial charge on any atom is -0.469 e. The molecule has 0 N–H and O–H groups in total. The molecule has 6 nitrogen and oxygen atoms in total. The third-order valence-corrected chi connectivity index (χ3v) is 3.69. The maximum absolute atomic E-state index is 12.1. The minimum absolute atomic E-state index is 0.232. The number of hydrogen-bond donors (Lipinski definition) is 0. The van der Waals surface area contributed by atoms with E-state index in [2.05, 4.69) is 4.74 Å². The van der Waals surface area contributed by atoms with Crippen molar-refractivity contribution in [2.24, 2.45) is 11.8 Å². The number of rotatable bonds is 2. The zero-order chi connectivity index (χ0) is 13.4. The number of hydrogen-bond acceptors (Lipinski definition) is 5. The number of esters is 2. The highest BCUT2D eigenvalue weighted by Gasteiger charge is 2.55. The molecule has 2 rings (SSSR count). The summed E-state index contributed by atoms with van der Waals surface area (Å²) in [7, 11) is 4.17. The summed E-state index contributed by atoms with van der Waals surface area (Å²) in [4.78, 5) is 37.1. The van der Waals surface area contributed by atoms with E-state index in [1.54, 1.807) is 13.1 Å². The van der Waals surface area contributed by atoms with Crippen LogP contribution in [-0.4, -0.2) is 50.1 Å². The van der Waals surface area contributed by atoms with Crippen molar-refractivity contribution in [2.45, 2.75) is 12.5 Å². The molecule has 2 aliphatic rings. The Morgan fingerprint density at radius 3 is 2.56 bits per heavy atom. The largest absolute Gasteiger partial charge is 0.469 e. The molecule has 6 heteroatoms. The van der Waals surface area contributed by atoms with Gasteiger partial charge in [0, 0.05) is 18.7 Å². The Bertz CT molecular complexity index is 442. The number of nitrogens with zero attached hydrogens (tertiary/aromatic N) is 1. The molecule has 0 spiro atoms. The Morgan fingerprint density at radius 2 is 2.00 bits per heavy atom. The van der Waals surface area contributed by atoms with Crippen LogP contribution in [0.4, 0.5) is 0 Å². The molecule has 0 radical (unpaired) electrons. The lowest BCUT2D eigenvalue weighted by Crippen LogP contribution is -2.37. The Labute approximate surface area is 105 Å². The van der Waals surface area contributed by atoms with Gasteiger partial charge < -0.3 is 14.4 Å². The summed E-state index contributed by atoms with van der Waals surface area (Å²) >= 11 is 0. The van der Waals surface area contributed by atoms with Gasteiger partial charge in [0.05, 0.1) is 26.1 Å². The van der Waals surface area contributed by atoms with E-state index in [0.717, 1.165) is 0 Å². The summed E-state index contributed by atoms with van der Waals surface area (Å²) in [5, 5.41) is 0. The molecular weight excluding hydrogens is 238 g/mol. The van der Waals surface area contributed by atoms with Crippen LogP contribution in [0.1, 0.15) is 6.42 Å². The van der Waals surface area contributed by atoms with Crippen LogP contribution >= 0.6 is 0 Å². The smallest absolute Gasteiger partial charge is 0.334 e. The van der Waals surface area contributed by atoms with Crippen LogP contribution in [0.3, 0.4) is 0 Å². The highest BCUT2D eigenvalue weighted by molar-refractivity contribution is 6.02. The van der Waals surface area contributed by atoms with E-state index in [4.69, 9.17) is 4.74 Å². The molecule has 1 aliphatic heterocycles. The second-order valence-corrected chi connectivity index (χ2v) is 4.43. The first-order valence-electron chi connectivity index (χ1n) is 5.65. The Hall–Kier alpha value is -1.85. The van der Waals surface area contributed by atoms with Crippen molar-refractivity contribution in [2.75, 3.05) is 21.3 Å². The summed E-state index contributed by atoms with van der Waals surface area (Å²) in [5.74, 6) is -2.64. The maximum Gasteiger partial charge on any atom is 0.334 e. The van der Waals surface area contributed by atoms with Gasteiger partial charge >= 0.3 is 11.9 Å². The van der Waals surface area contributed by atoms with E-state index in [-0.39, 0.29) is 17.5 Å². The first-order chi connectivity index (χ1) is 8.52. The third-order valence-electron chi connectivity index (χ3n) is 3.69. The van der Waals surface area contributed by atoms with Crippen molar-refractivity contribution < 1.29 is 23.9 Å². The number of carbonyl (C=O) groups excluding carboxylic acids is 3. The molecule has 1 amide bonds. The average Bonchev–Trinajstić information content (AvgIpc) is 2.57. The van der Waals surface area contributed by atoms with Crippen LogP contribution in [0.2, 0.25) is 0 Å². The van der Waals surface area contributed by atoms with Gasteiger partial charge in [-0.25, -0.2) is 4.79 Å². The van der Waals surface area contributed by atoms with Crippen LogP contribution in [-0.2, 0) is 23.9 Å². The third kappa shape index (κ3) is 1.60. The lowest BCUT2D eigenvalue weighted by atomic mass is 9.79. The summed E-state index contributed by atoms with van der Waals surface area (Å²) in [5.41, 5.74) is 0.263. The molecule has 1 fully saturated rings. The van der Waals surface area contributed by atoms with Crippen molar-refractivity contribution in [3.8, 4) is 0 Å². The predicted octanol–water partition coefficient (Wildman–Crippen LogP) is -0.265. The molecule has 2 bridgehead atoms. The van der Waals surface area contributed by atoms with E-state index >= 15 is 0 Å². The monoisotopic (exact) mass is 253 g/mol. The van der Waals surface area contributed by atoms with E-state index in [0.29, 0.717) is 6.42 Å². The quantitative estimate of drug-likeness (QED) is 0.634. The van der Waals surface area contributed by atoms with Gasteiger partial charge in [0.1, 0.15) is 0 Å². The number of ether oxygens (including phenoxy) is 2. The van der Waals surface area contributed by atoms with E-state index < -0.39 is 23.8 Å². The number of methoxy groups -OCH3 is 2. The highest BCUT2D eigenvalue weighted by atomic mass is 16.5. The van der Waals surface area contributed by atoms with Crippen molar-refractivity contribution in [3.63, 3.8) is 0 Å². The summed E-state index contributed by atoms with van der Waals surface area (Å²) in [6.07, 6.45) is 2.14. The van der Waals surface area contributed by atoms with Gasteiger partial charge in [0.2, 0.25) is 5.91 Å². The maximum atomic E-state index is 12.1. The van der Waals surface area contributed by atoms with Crippen LogP contribution in [0.15, 0.2) is 11.6 Å². The molecule has 1 saturated heterocycles. The summed E-state index contributed by atoms with van der Waals surface area (Å²) in [6, 6.07) is -0.233. The van der Waals surface area contributed by atoms with Crippen LogP contribution in [0, 0.1) is 11.8 Å². The molecule has 0 aromatic carbocycles. The van der Waals surface area contributed by atoms with Crippen LogP contribution in [0.5, 0.6) is 0 Å². The molecule has 0 saturated carbocycles. The molecule has 3 unspecified atom stereocenters. The van der Waals surface area contributed by atoms with Crippen molar-refractivity contribution in [1.82, 2.24) is 4.90 Å². The molecule has 18 heavy (non-hydrogen) atoms. The lowest BCUT2D eigenvalue weighted by molar-refractivity contribution is -0.148. The van der Waals surface area contributed by atoms with E-state index in [1.807, 2.05) is 0 Å². The van der Waals surface area contributed by atoms with E-state index in [1.165, 1.54) is 19.1 Å². The normalized spacial score (nSPS) is 29.9. The summed E-state index contributed by atoms with van der Waals surface area (Å²) in [6.45, 7) is 0. The van der Waals surface area contributed by atoms with Gasteiger partial charge in [-0.3, -0.25) is 9.59 Å². The molecule has 3 atom stereocenters. The van der Waals surface area contributed by atoms with Crippen LogP contribution < -0.4 is 0 Å². The molecule has 1 aliphatic carbocycles. The van der Waals surface area contributed by atoms with Crippen molar-refractivity contribution in [1.29, 1.82) is 0 Å². The molecule has 1 heterocycles. The predicted molar refractivity (Wildman–Crippen MR) is 60.3 cm³/mol. The molecule has 98 valence electrons. The average molecular weight is 253 g/mol. The first-order valence-corrected chi connectivity index (χ1v) is 5.65. The Balaban J connectivity index is 2.41. The fraction of sp³-hybridized carbons (Fsp3) is 0.583. The first kappa shape index (κ1) is 12.6. The van der Waals surface area contributed by atoms with Gasteiger partial charge in [0.15, 0.2) is 0 Å². The van der Waals surface area contributed by atoms with Gasteiger partial charge in [-0.15, -0.1) is 0 Å². The molecular formula is C12H15NO5. The Morgan fingerprint density at radius 1 is 1.33 bits per heavy atom. The van der Waals surface area contributed by atoms with Gasteiger partial charge in [-0.05, 0) is 6.42 Å². The zero-order valence-electron chi connectivity index (χ0n) is 10.5. The second kappa shape index (κ2) is 4.44. The summed E-state index contributed by atoms with van der Waals surface area (Å²) < 4.78 is 9.39. The number of amides is 1. The standard InChI is InChI=1S/C12H15NO5/c1-13-7-5-4-6(11(15)17-2)8(10(13)14)9(7)12(16)18-3/h4,7-9H,5H2,1-3H3. The second-order valence-electron chi connectivity index (χ2n) is 4.43. The SMILES string of the molecule is COC(=O)C1=CCC2C(C(=O)OC)C1C(=O)N2C. The topological polar surface area (TPSA) is 72.9 Å². The molecule has 0 aromatic rings. The fourth-order valence-corrected chi connectivity index (χ4v) is 2.76. The number of carbonyl (C=O) groups is 3. The van der Waals surface area contributed by atoms with Crippen LogP contribution in [0.25, 0.3) is 0 Å². The van der Waals surface area contributed by atoms with Crippen molar-refractivity contribution >= 4 is 17.8 Å². The van der Waals surface area contributed by atoms with Gasteiger partial charge in [-0.2, -0.15) is 0 Å². The fourth-order valence-electron chi connectivity index (χ4n) is 2.76. The molecule has 0 aromatic heterocycles. The van der Waals surface area contributed by atoms with Gasteiger partial charge in [0.25, 0.3) is 0 Å². The zero-order valence-corrected chi connectivity index (χ0v) is 10.5. The number of fused-ring (bicyclic) bond motifs is 2. The Kier molecular flexibility index (Phi) is 3.11. The highest BCUT2D eigenvalue weighted by Crippen LogP contribution is 2.41. The number of likely N-dealkylation sites (tertiary alicyclic amines) is 1. The van der Waals surface area contributed by atoms with Crippen molar-refractivity contribution in [3.05, 3.63) is 11.6 Å². The van der Waals surface area contributed by atoms with Gasteiger partial charge in [-0.1, -0.05) is 6.08 Å². The minimum atomic E-state index is -0.770. The lowest BCUT2D eigenvalue weighted by Gasteiger charge is -2.26. The van der Waals surface area contributed by atoms with E-state index in [9.17, 15) is 14.4 Å².